The van der Waals surface area contributed by atoms with Crippen molar-refractivity contribution in [1.82, 2.24) is 4.90 Å². The van der Waals surface area contributed by atoms with E-state index in [0.29, 0.717) is 12.0 Å². The molecule has 0 N–H and O–H groups in total. The summed E-state index contributed by atoms with van der Waals surface area (Å²) < 4.78 is 3.82. The summed E-state index contributed by atoms with van der Waals surface area (Å²) >= 11 is 3.45. The molecule has 1 aliphatic rings. The smallest absolute Gasteiger partial charge is 0.264 e. The van der Waals surface area contributed by atoms with Crippen LogP contribution in [0.2, 0.25) is 0 Å². The molecule has 4 heteroatoms. The summed E-state index contributed by atoms with van der Waals surface area (Å²) in [6.07, 6.45) is 2.34. The number of benzene rings is 1. The highest BCUT2D eigenvalue weighted by atomic mass is 32.1. The predicted molar refractivity (Wildman–Crippen MR) is 96.1 cm³/mol. The Bertz CT molecular complexity index is 841. The topological polar surface area (TPSA) is 20.3 Å². The van der Waals surface area contributed by atoms with E-state index in [1.807, 2.05) is 0 Å². The number of fused-ring (bicyclic) bond motifs is 3. The molecular formula is C18H19NOS2. The molecule has 0 radical (unpaired) electrons. The van der Waals surface area contributed by atoms with E-state index in [2.05, 4.69) is 49.1 Å². The van der Waals surface area contributed by atoms with E-state index in [0.717, 1.165) is 11.4 Å². The molecule has 3 aromatic rings. The van der Waals surface area contributed by atoms with Gasteiger partial charge in [-0.15, -0.1) is 22.7 Å². The van der Waals surface area contributed by atoms with Gasteiger partial charge in [0, 0.05) is 27.4 Å². The van der Waals surface area contributed by atoms with Crippen molar-refractivity contribution in [2.45, 2.75) is 32.7 Å². The fourth-order valence-electron chi connectivity index (χ4n) is 2.92. The second kappa shape index (κ2) is 5.36. The molecule has 1 amide bonds. The van der Waals surface area contributed by atoms with Crippen molar-refractivity contribution in [2.24, 2.45) is 5.92 Å². The quantitative estimate of drug-likeness (QED) is 0.629. The van der Waals surface area contributed by atoms with Gasteiger partial charge in [-0.05, 0) is 30.9 Å². The minimum absolute atomic E-state index is 0.230. The van der Waals surface area contributed by atoms with E-state index >= 15 is 0 Å². The first kappa shape index (κ1) is 14.2. The van der Waals surface area contributed by atoms with E-state index in [1.165, 1.54) is 32.3 Å². The number of carbonyl (C=O) groups is 1. The molecule has 2 heterocycles. The lowest BCUT2D eigenvalue weighted by atomic mass is 10.2. The van der Waals surface area contributed by atoms with Crippen LogP contribution >= 0.6 is 22.7 Å². The van der Waals surface area contributed by atoms with E-state index in [1.54, 1.807) is 22.7 Å². The van der Waals surface area contributed by atoms with Crippen molar-refractivity contribution in [3.63, 3.8) is 0 Å². The molecule has 0 saturated heterocycles. The molecule has 0 atom stereocenters. The summed E-state index contributed by atoms with van der Waals surface area (Å²) in [7, 11) is 0. The van der Waals surface area contributed by atoms with Crippen LogP contribution in [0.1, 0.15) is 36.4 Å². The average molecular weight is 329 g/mol. The van der Waals surface area contributed by atoms with Crippen molar-refractivity contribution in [2.75, 3.05) is 6.54 Å². The maximum atomic E-state index is 12.9. The van der Waals surface area contributed by atoms with Crippen LogP contribution in [0.5, 0.6) is 0 Å². The highest BCUT2D eigenvalue weighted by Gasteiger charge is 2.34. The Labute approximate surface area is 138 Å². The molecule has 2 aromatic heterocycles. The molecule has 0 aliphatic heterocycles. The van der Waals surface area contributed by atoms with Gasteiger partial charge in [-0.2, -0.15) is 0 Å². The summed E-state index contributed by atoms with van der Waals surface area (Å²) in [5.74, 6) is 0.750. The first-order valence-corrected chi connectivity index (χ1v) is 9.49. The molecular weight excluding hydrogens is 310 g/mol. The van der Waals surface area contributed by atoms with Crippen LogP contribution in [0.15, 0.2) is 30.3 Å². The first-order chi connectivity index (χ1) is 10.6. The van der Waals surface area contributed by atoms with Gasteiger partial charge in [0.25, 0.3) is 5.91 Å². The Hall–Kier alpha value is -1.39. The summed E-state index contributed by atoms with van der Waals surface area (Å²) in [6, 6.07) is 11.0. The standard InChI is InChI=1S/C18H19NOS2/c1-11(2)10-19(12-7-8-12)18(20)16-9-15-17(22-16)13-5-3-4-6-14(13)21-15/h3-6,9,11-12H,7-8,10H2,1-2H3. The van der Waals surface area contributed by atoms with Crippen molar-refractivity contribution in [1.29, 1.82) is 0 Å². The lowest BCUT2D eigenvalue weighted by Gasteiger charge is -2.23. The molecule has 0 spiro atoms. The molecule has 22 heavy (non-hydrogen) atoms. The molecule has 0 unspecified atom stereocenters. The van der Waals surface area contributed by atoms with Crippen molar-refractivity contribution in [3.8, 4) is 0 Å². The zero-order chi connectivity index (χ0) is 15.3. The number of amides is 1. The number of hydrogen-bond acceptors (Lipinski definition) is 3. The van der Waals surface area contributed by atoms with Gasteiger partial charge >= 0.3 is 0 Å². The van der Waals surface area contributed by atoms with Gasteiger partial charge < -0.3 is 4.90 Å². The number of thiophene rings is 2. The summed E-state index contributed by atoms with van der Waals surface area (Å²) in [4.78, 5) is 15.9. The Morgan fingerprint density at radius 2 is 2.00 bits per heavy atom. The van der Waals surface area contributed by atoms with Gasteiger partial charge in [0.15, 0.2) is 0 Å². The highest BCUT2D eigenvalue weighted by molar-refractivity contribution is 7.33. The minimum Gasteiger partial charge on any atom is -0.335 e. The normalized spacial score (nSPS) is 15.0. The molecule has 1 saturated carbocycles. The van der Waals surface area contributed by atoms with Gasteiger partial charge in [-0.3, -0.25) is 4.79 Å². The Morgan fingerprint density at radius 3 is 2.73 bits per heavy atom. The van der Waals surface area contributed by atoms with E-state index in [9.17, 15) is 4.79 Å². The van der Waals surface area contributed by atoms with Crippen LogP contribution in [0, 0.1) is 5.92 Å². The number of hydrogen-bond donors (Lipinski definition) is 0. The van der Waals surface area contributed by atoms with Crippen LogP contribution in [0.25, 0.3) is 19.5 Å². The van der Waals surface area contributed by atoms with Gasteiger partial charge in [0.1, 0.15) is 0 Å². The second-order valence-corrected chi connectivity index (χ2v) is 8.62. The van der Waals surface area contributed by atoms with Crippen LogP contribution in [-0.2, 0) is 0 Å². The van der Waals surface area contributed by atoms with Crippen LogP contribution in [0.4, 0.5) is 0 Å². The van der Waals surface area contributed by atoms with E-state index in [4.69, 9.17) is 0 Å². The fourth-order valence-corrected chi connectivity index (χ4v) is 5.40. The van der Waals surface area contributed by atoms with Gasteiger partial charge in [-0.25, -0.2) is 0 Å². The van der Waals surface area contributed by atoms with Gasteiger partial charge in [-0.1, -0.05) is 32.0 Å². The lowest BCUT2D eigenvalue weighted by molar-refractivity contribution is 0.0727. The molecule has 114 valence electrons. The average Bonchev–Trinajstić information content (AvgIpc) is 3.15. The highest BCUT2D eigenvalue weighted by Crippen LogP contribution is 2.40. The Morgan fingerprint density at radius 1 is 1.23 bits per heavy atom. The summed E-state index contributed by atoms with van der Waals surface area (Å²) in [6.45, 7) is 5.24. The van der Waals surface area contributed by atoms with Gasteiger partial charge in [0.2, 0.25) is 0 Å². The third-order valence-electron chi connectivity index (χ3n) is 4.07. The molecule has 1 aromatic carbocycles. The molecule has 1 aliphatic carbocycles. The zero-order valence-electron chi connectivity index (χ0n) is 12.8. The monoisotopic (exact) mass is 329 g/mol. The number of rotatable bonds is 4. The minimum atomic E-state index is 0.230. The van der Waals surface area contributed by atoms with Crippen LogP contribution in [0.3, 0.4) is 0 Å². The van der Waals surface area contributed by atoms with Crippen LogP contribution < -0.4 is 0 Å². The van der Waals surface area contributed by atoms with E-state index in [-0.39, 0.29) is 5.91 Å². The lowest BCUT2D eigenvalue weighted by Crippen LogP contribution is -2.35. The van der Waals surface area contributed by atoms with Crippen molar-refractivity contribution >= 4 is 48.1 Å². The van der Waals surface area contributed by atoms with Crippen LogP contribution in [-0.4, -0.2) is 23.4 Å². The summed E-state index contributed by atoms with van der Waals surface area (Å²) in [5.41, 5.74) is 0. The third-order valence-corrected chi connectivity index (χ3v) is 6.47. The second-order valence-electron chi connectivity index (χ2n) is 6.48. The molecule has 0 bridgehead atoms. The molecule has 2 nitrogen and oxygen atoms in total. The maximum Gasteiger partial charge on any atom is 0.264 e. The SMILES string of the molecule is CC(C)CN(C(=O)c1cc2sc3ccccc3c2s1)C1CC1. The number of carbonyl (C=O) groups excluding carboxylic acids is 1. The maximum absolute atomic E-state index is 12.9. The third kappa shape index (κ3) is 2.44. The Balaban J connectivity index is 1.71. The predicted octanol–water partition coefficient (Wildman–Crippen LogP) is 5.38. The van der Waals surface area contributed by atoms with E-state index < -0.39 is 0 Å². The van der Waals surface area contributed by atoms with Crippen molar-refractivity contribution in [3.05, 3.63) is 35.2 Å². The fraction of sp³-hybridized carbons (Fsp3) is 0.389. The Kier molecular flexibility index (Phi) is 3.46. The first-order valence-electron chi connectivity index (χ1n) is 7.85. The van der Waals surface area contributed by atoms with Crippen molar-refractivity contribution < 1.29 is 4.79 Å². The summed E-state index contributed by atoms with van der Waals surface area (Å²) in [5, 5.41) is 1.29. The zero-order valence-corrected chi connectivity index (χ0v) is 14.5. The van der Waals surface area contributed by atoms with Gasteiger partial charge in [0.05, 0.1) is 9.58 Å². The largest absolute Gasteiger partial charge is 0.335 e. The molecule has 4 rings (SSSR count). The molecule has 1 fully saturated rings. The number of nitrogens with zero attached hydrogens (tertiary/aromatic N) is 1.